The SMILES string of the molecule is c1ccc(-c2cccc3oc4cccc(C5NC(c6ccc(-c7cccc8ccccc78)cc6)=NC(c6ccc7ccccc7c6)N5)c4c23)cc1. The van der Waals surface area contributed by atoms with Crippen molar-refractivity contribution < 1.29 is 4.42 Å². The molecule has 242 valence electrons. The number of aliphatic imine (C=N–C) groups is 1. The molecule has 1 aliphatic heterocycles. The molecule has 2 atom stereocenters. The van der Waals surface area contributed by atoms with Crippen LogP contribution in [0.4, 0.5) is 0 Å². The van der Waals surface area contributed by atoms with Crippen molar-refractivity contribution >= 4 is 49.3 Å². The molecule has 4 nitrogen and oxygen atoms in total. The average Bonchev–Trinajstić information content (AvgIpc) is 3.60. The molecule has 0 radical (unpaired) electrons. The van der Waals surface area contributed by atoms with Crippen molar-refractivity contribution in [2.75, 3.05) is 0 Å². The Hall–Kier alpha value is -6.49. The Morgan fingerprint density at radius 3 is 1.98 bits per heavy atom. The minimum absolute atomic E-state index is 0.250. The fourth-order valence-electron chi connectivity index (χ4n) is 7.69. The number of furan rings is 1. The molecule has 2 heterocycles. The van der Waals surface area contributed by atoms with Gasteiger partial charge < -0.3 is 9.73 Å². The quantitative estimate of drug-likeness (QED) is 0.194. The molecule has 1 aliphatic rings. The molecule has 2 N–H and O–H groups in total. The molecule has 2 unspecified atom stereocenters. The first-order valence-corrected chi connectivity index (χ1v) is 17.4. The summed E-state index contributed by atoms with van der Waals surface area (Å²) in [6, 6.07) is 62.2. The molecule has 51 heavy (non-hydrogen) atoms. The summed E-state index contributed by atoms with van der Waals surface area (Å²) in [5.74, 6) is 0.842. The van der Waals surface area contributed by atoms with E-state index in [0.717, 1.165) is 55.6 Å². The largest absolute Gasteiger partial charge is 0.456 e. The van der Waals surface area contributed by atoms with Crippen molar-refractivity contribution in [3.63, 3.8) is 0 Å². The van der Waals surface area contributed by atoms with Gasteiger partial charge in [-0.15, -0.1) is 0 Å². The lowest BCUT2D eigenvalue weighted by molar-refractivity contribution is 0.411. The highest BCUT2D eigenvalue weighted by Crippen LogP contribution is 2.41. The van der Waals surface area contributed by atoms with Crippen molar-refractivity contribution in [1.29, 1.82) is 0 Å². The highest BCUT2D eigenvalue weighted by molar-refractivity contribution is 6.14. The topological polar surface area (TPSA) is 49.6 Å². The predicted molar refractivity (Wildman–Crippen MR) is 211 cm³/mol. The maximum Gasteiger partial charge on any atom is 0.136 e. The average molecular weight is 656 g/mol. The summed E-state index contributed by atoms with van der Waals surface area (Å²) in [6.07, 6.45) is -0.532. The van der Waals surface area contributed by atoms with E-state index in [9.17, 15) is 0 Å². The van der Waals surface area contributed by atoms with Crippen molar-refractivity contribution in [2.45, 2.75) is 12.3 Å². The fourth-order valence-corrected chi connectivity index (χ4v) is 7.69. The van der Waals surface area contributed by atoms with Gasteiger partial charge in [-0.3, -0.25) is 5.32 Å². The minimum atomic E-state index is -0.282. The first-order chi connectivity index (χ1) is 25.3. The van der Waals surface area contributed by atoms with E-state index < -0.39 is 0 Å². The number of hydrogen-bond acceptors (Lipinski definition) is 4. The van der Waals surface area contributed by atoms with E-state index in [1.807, 2.05) is 0 Å². The third-order valence-corrected chi connectivity index (χ3v) is 10.2. The lowest BCUT2D eigenvalue weighted by atomic mass is 9.95. The van der Waals surface area contributed by atoms with Crippen LogP contribution in [0.15, 0.2) is 185 Å². The summed E-state index contributed by atoms with van der Waals surface area (Å²) in [7, 11) is 0. The van der Waals surface area contributed by atoms with Gasteiger partial charge in [-0.25, -0.2) is 4.99 Å². The molecule has 4 heteroatoms. The van der Waals surface area contributed by atoms with Gasteiger partial charge in [0.05, 0.1) is 0 Å². The van der Waals surface area contributed by atoms with Crippen molar-refractivity contribution in [2.24, 2.45) is 4.99 Å². The number of nitrogens with one attached hydrogen (secondary N) is 2. The Kier molecular flexibility index (Phi) is 7.00. The van der Waals surface area contributed by atoms with E-state index in [1.54, 1.807) is 0 Å². The maximum atomic E-state index is 6.52. The number of rotatable bonds is 5. The third kappa shape index (κ3) is 5.16. The van der Waals surface area contributed by atoms with Gasteiger partial charge in [0.1, 0.15) is 29.3 Å². The highest BCUT2D eigenvalue weighted by atomic mass is 16.3. The standard InChI is InChI=1S/C47H33N3O/c1-2-12-32(13-3-1)39-19-9-21-41-43(39)44-40(20-10-22-42(44)51-41)47-49-45(48-46(50-47)36-28-23-30-11-4-5-15-35(30)29-36)34-26-24-33(25-27-34)38-18-8-16-31-14-6-7-17-37(31)38/h1-29,46-47,50H,(H,48,49). The van der Waals surface area contributed by atoms with E-state index in [1.165, 1.54) is 32.7 Å². The first kappa shape index (κ1) is 29.4. The van der Waals surface area contributed by atoms with Gasteiger partial charge >= 0.3 is 0 Å². The maximum absolute atomic E-state index is 6.52. The summed E-state index contributed by atoms with van der Waals surface area (Å²) in [4.78, 5) is 5.32. The lowest BCUT2D eigenvalue weighted by Gasteiger charge is -2.32. The Balaban J connectivity index is 1.11. The molecule has 10 rings (SSSR count). The molecule has 0 aliphatic carbocycles. The molecule has 0 bridgehead atoms. The number of nitrogens with zero attached hydrogens (tertiary/aromatic N) is 1. The summed E-state index contributed by atoms with van der Waals surface area (Å²) in [6.45, 7) is 0. The van der Waals surface area contributed by atoms with Crippen LogP contribution in [-0.2, 0) is 0 Å². The van der Waals surface area contributed by atoms with Crippen LogP contribution in [-0.4, -0.2) is 5.84 Å². The summed E-state index contributed by atoms with van der Waals surface area (Å²) in [5, 5.41) is 14.8. The Bertz CT molecular complexity index is 2760. The molecule has 0 saturated carbocycles. The Morgan fingerprint density at radius 1 is 0.471 bits per heavy atom. The van der Waals surface area contributed by atoms with Crippen LogP contribution in [0.5, 0.6) is 0 Å². The van der Waals surface area contributed by atoms with Crippen LogP contribution in [0.25, 0.3) is 65.7 Å². The van der Waals surface area contributed by atoms with E-state index in [0.29, 0.717) is 0 Å². The smallest absolute Gasteiger partial charge is 0.136 e. The van der Waals surface area contributed by atoms with Crippen molar-refractivity contribution in [3.05, 3.63) is 193 Å². The molecule has 0 amide bonds. The van der Waals surface area contributed by atoms with Gasteiger partial charge in [0.2, 0.25) is 0 Å². The first-order valence-electron chi connectivity index (χ1n) is 17.4. The lowest BCUT2D eigenvalue weighted by Crippen LogP contribution is -2.45. The molecule has 0 fully saturated rings. The zero-order valence-electron chi connectivity index (χ0n) is 27.8. The summed E-state index contributed by atoms with van der Waals surface area (Å²) < 4.78 is 6.52. The number of hydrogen-bond donors (Lipinski definition) is 2. The molecule has 0 saturated heterocycles. The van der Waals surface area contributed by atoms with Crippen LogP contribution >= 0.6 is 0 Å². The molecule has 0 spiro atoms. The van der Waals surface area contributed by atoms with Gasteiger partial charge in [-0.2, -0.15) is 0 Å². The van der Waals surface area contributed by atoms with Gasteiger partial charge in [-0.1, -0.05) is 158 Å². The second-order valence-electron chi connectivity index (χ2n) is 13.2. The van der Waals surface area contributed by atoms with Gasteiger partial charge in [-0.05, 0) is 67.6 Å². The molecule has 9 aromatic rings. The fraction of sp³-hybridized carbons (Fsp3) is 0.0426. The Labute approximate surface area is 295 Å². The van der Waals surface area contributed by atoms with Gasteiger partial charge in [0, 0.05) is 21.9 Å². The van der Waals surface area contributed by atoms with Crippen LogP contribution in [0.3, 0.4) is 0 Å². The van der Waals surface area contributed by atoms with Gasteiger partial charge in [0.25, 0.3) is 0 Å². The second-order valence-corrected chi connectivity index (χ2v) is 13.2. The van der Waals surface area contributed by atoms with Crippen molar-refractivity contribution in [1.82, 2.24) is 10.6 Å². The highest BCUT2D eigenvalue weighted by Gasteiger charge is 2.28. The third-order valence-electron chi connectivity index (χ3n) is 10.2. The van der Waals surface area contributed by atoms with Crippen LogP contribution < -0.4 is 10.6 Å². The van der Waals surface area contributed by atoms with Crippen LogP contribution in [0.2, 0.25) is 0 Å². The zero-order chi connectivity index (χ0) is 33.7. The number of benzene rings is 8. The molecule has 1 aromatic heterocycles. The minimum Gasteiger partial charge on any atom is -0.456 e. The second kappa shape index (κ2) is 12.1. The molecular weight excluding hydrogens is 623 g/mol. The van der Waals surface area contributed by atoms with E-state index in [2.05, 4.69) is 187 Å². The van der Waals surface area contributed by atoms with E-state index >= 15 is 0 Å². The molecular formula is C47H33N3O. The van der Waals surface area contributed by atoms with Crippen molar-refractivity contribution in [3.8, 4) is 22.3 Å². The summed E-state index contributed by atoms with van der Waals surface area (Å²) in [5.41, 5.74) is 9.70. The molecule has 8 aromatic carbocycles. The van der Waals surface area contributed by atoms with E-state index in [-0.39, 0.29) is 12.3 Å². The number of fused-ring (bicyclic) bond motifs is 5. The monoisotopic (exact) mass is 655 g/mol. The predicted octanol–water partition coefficient (Wildman–Crippen LogP) is 11.6. The number of amidine groups is 1. The summed E-state index contributed by atoms with van der Waals surface area (Å²) >= 11 is 0. The van der Waals surface area contributed by atoms with Gasteiger partial charge in [0.15, 0.2) is 0 Å². The Morgan fingerprint density at radius 2 is 1.12 bits per heavy atom. The van der Waals surface area contributed by atoms with E-state index in [4.69, 9.17) is 9.41 Å². The van der Waals surface area contributed by atoms with Crippen LogP contribution in [0, 0.1) is 0 Å². The zero-order valence-corrected chi connectivity index (χ0v) is 27.8. The van der Waals surface area contributed by atoms with Crippen LogP contribution in [0.1, 0.15) is 29.0 Å². The normalized spacial score (nSPS) is 16.0.